The quantitative estimate of drug-likeness (QED) is 0.836. The third-order valence-corrected chi connectivity index (χ3v) is 4.75. The van der Waals surface area contributed by atoms with E-state index in [9.17, 15) is 9.59 Å². The maximum absolute atomic E-state index is 12.4. The predicted octanol–water partition coefficient (Wildman–Crippen LogP) is 2.41. The van der Waals surface area contributed by atoms with E-state index >= 15 is 0 Å². The van der Waals surface area contributed by atoms with Gasteiger partial charge < -0.3 is 15.5 Å². The van der Waals surface area contributed by atoms with E-state index in [0.717, 1.165) is 32.1 Å². The van der Waals surface area contributed by atoms with Crippen molar-refractivity contribution in [2.75, 3.05) is 6.54 Å². The Balaban J connectivity index is 1.87. The predicted molar refractivity (Wildman–Crippen MR) is 83.0 cm³/mol. The van der Waals surface area contributed by atoms with Gasteiger partial charge in [0.2, 0.25) is 5.91 Å². The summed E-state index contributed by atoms with van der Waals surface area (Å²) in [7, 11) is 0. The summed E-state index contributed by atoms with van der Waals surface area (Å²) < 4.78 is 0. The second-order valence-electron chi connectivity index (χ2n) is 6.45. The van der Waals surface area contributed by atoms with Crippen molar-refractivity contribution in [3.63, 3.8) is 0 Å². The fourth-order valence-electron chi connectivity index (χ4n) is 3.23. The molecule has 2 unspecified atom stereocenters. The zero-order chi connectivity index (χ0) is 15.2. The van der Waals surface area contributed by atoms with E-state index < -0.39 is 0 Å². The van der Waals surface area contributed by atoms with Gasteiger partial charge in [0.05, 0.1) is 0 Å². The molecule has 0 aromatic heterocycles. The van der Waals surface area contributed by atoms with Crippen molar-refractivity contribution in [2.45, 2.75) is 83.3 Å². The zero-order valence-electron chi connectivity index (χ0n) is 13.4. The minimum Gasteiger partial charge on any atom is -0.352 e. The average Bonchev–Trinajstić information content (AvgIpc) is 2.97. The molecule has 1 heterocycles. The van der Waals surface area contributed by atoms with Crippen LogP contribution in [0.1, 0.15) is 65.2 Å². The van der Waals surface area contributed by atoms with E-state index in [1.807, 2.05) is 13.8 Å². The third kappa shape index (κ3) is 4.35. The Kier molecular flexibility index (Phi) is 5.88. The third-order valence-electron chi connectivity index (χ3n) is 4.75. The molecule has 2 fully saturated rings. The van der Waals surface area contributed by atoms with Crippen LogP contribution in [0.5, 0.6) is 0 Å². The largest absolute Gasteiger partial charge is 0.352 e. The number of amides is 3. The maximum Gasteiger partial charge on any atom is 0.318 e. The van der Waals surface area contributed by atoms with E-state index in [1.165, 1.54) is 19.3 Å². The number of hydrogen-bond acceptors (Lipinski definition) is 2. The van der Waals surface area contributed by atoms with E-state index in [1.54, 1.807) is 4.90 Å². The Hall–Kier alpha value is -1.26. The van der Waals surface area contributed by atoms with Crippen molar-refractivity contribution in [1.29, 1.82) is 0 Å². The van der Waals surface area contributed by atoms with E-state index in [2.05, 4.69) is 10.6 Å². The first-order valence-electron chi connectivity index (χ1n) is 8.49. The first kappa shape index (κ1) is 16.1. The monoisotopic (exact) mass is 295 g/mol. The highest BCUT2D eigenvalue weighted by Crippen LogP contribution is 2.21. The van der Waals surface area contributed by atoms with Crippen LogP contribution in [0.3, 0.4) is 0 Å². The summed E-state index contributed by atoms with van der Waals surface area (Å²) in [5.41, 5.74) is 0. The van der Waals surface area contributed by atoms with E-state index in [0.29, 0.717) is 12.6 Å². The highest BCUT2D eigenvalue weighted by Gasteiger charge is 2.35. The number of carbonyl (C=O) groups excluding carboxylic acids is 2. The summed E-state index contributed by atoms with van der Waals surface area (Å²) in [6, 6.07) is 0.123. The lowest BCUT2D eigenvalue weighted by molar-refractivity contribution is -0.125. The fraction of sp³-hybridized carbons (Fsp3) is 0.875. The summed E-state index contributed by atoms with van der Waals surface area (Å²) in [5.74, 6) is 0.000596. The summed E-state index contributed by atoms with van der Waals surface area (Å²) in [6.07, 6.45) is 8.41. The molecule has 2 aliphatic rings. The smallest absolute Gasteiger partial charge is 0.318 e. The first-order valence-corrected chi connectivity index (χ1v) is 8.49. The van der Waals surface area contributed by atoms with Crippen molar-refractivity contribution in [2.24, 2.45) is 0 Å². The lowest BCUT2D eigenvalue weighted by Crippen LogP contribution is -2.52. The van der Waals surface area contributed by atoms with Gasteiger partial charge in [-0.2, -0.15) is 0 Å². The summed E-state index contributed by atoms with van der Waals surface area (Å²) in [6.45, 7) is 4.74. The van der Waals surface area contributed by atoms with E-state index in [4.69, 9.17) is 0 Å². The molecular weight excluding hydrogens is 266 g/mol. The van der Waals surface area contributed by atoms with Gasteiger partial charge in [-0.25, -0.2) is 4.79 Å². The van der Waals surface area contributed by atoms with Gasteiger partial charge in [0.15, 0.2) is 0 Å². The molecule has 0 spiro atoms. The van der Waals surface area contributed by atoms with Crippen LogP contribution in [0.15, 0.2) is 0 Å². The number of rotatable bonds is 4. The summed E-state index contributed by atoms with van der Waals surface area (Å²) in [4.78, 5) is 26.4. The SMILES string of the molecule is CCC(C)NC(=O)C1CCCN1C(=O)NC1CCCCC1. The number of hydrogen-bond donors (Lipinski definition) is 2. The standard InChI is InChI=1S/C16H29N3O2/c1-3-12(2)17-15(20)14-10-7-11-19(14)16(21)18-13-8-5-4-6-9-13/h12-14H,3-11H2,1-2H3,(H,17,20)(H,18,21). The Labute approximate surface area is 127 Å². The van der Waals surface area contributed by atoms with Gasteiger partial charge in [0.25, 0.3) is 0 Å². The molecule has 0 aromatic carbocycles. The van der Waals surface area contributed by atoms with Crippen LogP contribution in [-0.4, -0.2) is 41.5 Å². The molecule has 1 aliphatic carbocycles. The topological polar surface area (TPSA) is 61.4 Å². The molecule has 1 saturated carbocycles. The van der Waals surface area contributed by atoms with Gasteiger partial charge in [0, 0.05) is 18.6 Å². The van der Waals surface area contributed by atoms with Gasteiger partial charge in [-0.15, -0.1) is 0 Å². The second-order valence-corrected chi connectivity index (χ2v) is 6.45. The number of carbonyl (C=O) groups is 2. The molecule has 120 valence electrons. The van der Waals surface area contributed by atoms with E-state index in [-0.39, 0.29) is 24.0 Å². The van der Waals surface area contributed by atoms with Crippen LogP contribution >= 0.6 is 0 Å². The molecule has 0 bridgehead atoms. The molecule has 5 heteroatoms. The molecule has 2 N–H and O–H groups in total. The molecule has 0 radical (unpaired) electrons. The molecule has 5 nitrogen and oxygen atoms in total. The number of nitrogens with zero attached hydrogens (tertiary/aromatic N) is 1. The number of likely N-dealkylation sites (tertiary alicyclic amines) is 1. The van der Waals surface area contributed by atoms with Crippen LogP contribution in [0.2, 0.25) is 0 Å². The molecule has 2 rings (SSSR count). The minimum atomic E-state index is -0.289. The van der Waals surface area contributed by atoms with Crippen molar-refractivity contribution in [1.82, 2.24) is 15.5 Å². The molecule has 0 aromatic rings. The highest BCUT2D eigenvalue weighted by molar-refractivity contribution is 5.87. The normalized spacial score (nSPS) is 24.7. The molecular formula is C16H29N3O2. The Morgan fingerprint density at radius 1 is 1.14 bits per heavy atom. The average molecular weight is 295 g/mol. The van der Waals surface area contributed by atoms with Crippen LogP contribution in [0.25, 0.3) is 0 Å². The van der Waals surface area contributed by atoms with Crippen molar-refractivity contribution < 1.29 is 9.59 Å². The van der Waals surface area contributed by atoms with Crippen molar-refractivity contribution in [3.05, 3.63) is 0 Å². The lowest BCUT2D eigenvalue weighted by Gasteiger charge is -2.29. The summed E-state index contributed by atoms with van der Waals surface area (Å²) >= 11 is 0. The Morgan fingerprint density at radius 2 is 1.86 bits per heavy atom. The van der Waals surface area contributed by atoms with Crippen LogP contribution < -0.4 is 10.6 Å². The van der Waals surface area contributed by atoms with Crippen LogP contribution in [-0.2, 0) is 4.79 Å². The second kappa shape index (κ2) is 7.66. The molecule has 3 amide bonds. The maximum atomic E-state index is 12.4. The molecule has 21 heavy (non-hydrogen) atoms. The van der Waals surface area contributed by atoms with Gasteiger partial charge in [-0.05, 0) is 39.0 Å². The van der Waals surface area contributed by atoms with Crippen molar-refractivity contribution >= 4 is 11.9 Å². The first-order chi connectivity index (χ1) is 10.1. The molecule has 2 atom stereocenters. The summed E-state index contributed by atoms with van der Waals surface area (Å²) in [5, 5.41) is 6.12. The van der Waals surface area contributed by atoms with Crippen LogP contribution in [0.4, 0.5) is 4.79 Å². The molecule has 1 saturated heterocycles. The molecule has 1 aliphatic heterocycles. The van der Waals surface area contributed by atoms with Gasteiger partial charge in [-0.1, -0.05) is 26.2 Å². The van der Waals surface area contributed by atoms with Crippen LogP contribution in [0, 0.1) is 0 Å². The number of urea groups is 1. The van der Waals surface area contributed by atoms with Gasteiger partial charge >= 0.3 is 6.03 Å². The number of nitrogens with one attached hydrogen (secondary N) is 2. The van der Waals surface area contributed by atoms with Gasteiger partial charge in [0.1, 0.15) is 6.04 Å². The van der Waals surface area contributed by atoms with Gasteiger partial charge in [-0.3, -0.25) is 4.79 Å². The zero-order valence-corrected chi connectivity index (χ0v) is 13.4. The highest BCUT2D eigenvalue weighted by atomic mass is 16.2. The fourth-order valence-corrected chi connectivity index (χ4v) is 3.23. The Morgan fingerprint density at radius 3 is 2.52 bits per heavy atom. The minimum absolute atomic E-state index is 0.000596. The lowest BCUT2D eigenvalue weighted by atomic mass is 9.96. The Bertz CT molecular complexity index is 367. The van der Waals surface area contributed by atoms with Crippen molar-refractivity contribution in [3.8, 4) is 0 Å².